The zero-order chi connectivity index (χ0) is 21.4. The van der Waals surface area contributed by atoms with Gasteiger partial charge in [-0.1, -0.05) is 12.1 Å². The molecule has 0 radical (unpaired) electrons. The number of carbonyl (C=O) groups is 1. The van der Waals surface area contributed by atoms with Crippen molar-refractivity contribution in [1.29, 1.82) is 0 Å². The summed E-state index contributed by atoms with van der Waals surface area (Å²) in [6.07, 6.45) is -3.22. The summed E-state index contributed by atoms with van der Waals surface area (Å²) in [5.41, 5.74) is 1.37. The largest absolute Gasteiger partial charge is 0.469 e. The van der Waals surface area contributed by atoms with Gasteiger partial charge in [0.2, 0.25) is 10.0 Å². The fourth-order valence-electron chi connectivity index (χ4n) is 3.28. The topological polar surface area (TPSA) is 99.4 Å². The molecule has 6 nitrogen and oxygen atoms in total. The van der Waals surface area contributed by atoms with E-state index in [1.165, 1.54) is 25.3 Å². The maximum Gasteiger partial charge on any atom is 0.417 e. The van der Waals surface area contributed by atoms with Crippen molar-refractivity contribution in [2.24, 2.45) is 11.1 Å². The SMILES string of the molecule is COC(=O)C1CC(c2ccc(S(N)(=O)=O)cc2)=C(c2ccc(C(F)(F)F)cn2)C1. The number of alkyl halides is 3. The second-order valence-electron chi connectivity index (χ2n) is 6.58. The van der Waals surface area contributed by atoms with Gasteiger partial charge in [-0.25, -0.2) is 13.6 Å². The summed E-state index contributed by atoms with van der Waals surface area (Å²) < 4.78 is 66.1. The molecule has 154 valence electrons. The van der Waals surface area contributed by atoms with E-state index in [4.69, 9.17) is 9.88 Å². The lowest BCUT2D eigenvalue weighted by Crippen LogP contribution is -2.13. The maximum absolute atomic E-state index is 12.8. The fourth-order valence-corrected chi connectivity index (χ4v) is 3.80. The number of halogens is 3. The number of ether oxygens (including phenoxy) is 1. The number of pyridine rings is 1. The molecule has 1 aromatic heterocycles. The van der Waals surface area contributed by atoms with Crippen LogP contribution in [0.4, 0.5) is 13.2 Å². The summed E-state index contributed by atoms with van der Waals surface area (Å²) in [5.74, 6) is -0.947. The quantitative estimate of drug-likeness (QED) is 0.757. The third-order valence-electron chi connectivity index (χ3n) is 4.73. The van der Waals surface area contributed by atoms with Crippen molar-refractivity contribution in [3.8, 4) is 0 Å². The van der Waals surface area contributed by atoms with Gasteiger partial charge in [-0.3, -0.25) is 9.78 Å². The normalized spacial score (nSPS) is 17.5. The van der Waals surface area contributed by atoms with E-state index in [1.807, 2.05) is 0 Å². The monoisotopic (exact) mass is 426 g/mol. The van der Waals surface area contributed by atoms with Crippen LogP contribution in [-0.4, -0.2) is 26.5 Å². The highest BCUT2D eigenvalue weighted by molar-refractivity contribution is 7.89. The molecule has 1 aromatic carbocycles. The Kier molecular flexibility index (Phi) is 5.50. The molecular formula is C19H17F3N2O4S. The number of carbonyl (C=O) groups excluding carboxylic acids is 1. The maximum atomic E-state index is 12.8. The van der Waals surface area contributed by atoms with Crippen LogP contribution in [0.1, 0.15) is 29.7 Å². The molecule has 0 aliphatic heterocycles. The van der Waals surface area contributed by atoms with E-state index < -0.39 is 33.7 Å². The second-order valence-corrected chi connectivity index (χ2v) is 8.15. The third kappa shape index (κ3) is 4.48. The Balaban J connectivity index is 2.04. The van der Waals surface area contributed by atoms with Gasteiger partial charge >= 0.3 is 12.1 Å². The van der Waals surface area contributed by atoms with Crippen LogP contribution in [0.25, 0.3) is 11.1 Å². The van der Waals surface area contributed by atoms with Crippen LogP contribution >= 0.6 is 0 Å². The van der Waals surface area contributed by atoms with Crippen LogP contribution in [0, 0.1) is 5.92 Å². The smallest absolute Gasteiger partial charge is 0.417 e. The standard InChI is InChI=1S/C19H17F3N2O4S/c1-28-18(25)12-8-15(11-2-5-14(6-3-11)29(23,26)27)16(9-12)17-7-4-13(10-24-17)19(20,21)22/h2-7,10,12H,8-9H2,1H3,(H2,23,26,27). The lowest BCUT2D eigenvalue weighted by molar-refractivity contribution is -0.144. The lowest BCUT2D eigenvalue weighted by atomic mass is 9.99. The van der Waals surface area contributed by atoms with Crippen molar-refractivity contribution in [2.45, 2.75) is 23.9 Å². The summed E-state index contributed by atoms with van der Waals surface area (Å²) in [6, 6.07) is 7.94. The van der Waals surface area contributed by atoms with Crippen molar-refractivity contribution in [2.75, 3.05) is 7.11 Å². The minimum absolute atomic E-state index is 0.0708. The van der Waals surface area contributed by atoms with Crippen molar-refractivity contribution >= 4 is 27.1 Å². The third-order valence-corrected chi connectivity index (χ3v) is 5.66. The van der Waals surface area contributed by atoms with Crippen molar-refractivity contribution in [3.63, 3.8) is 0 Å². The summed E-state index contributed by atoms with van der Waals surface area (Å²) in [6.45, 7) is 0. The average molecular weight is 426 g/mol. The van der Waals surface area contributed by atoms with E-state index in [2.05, 4.69) is 4.98 Å². The minimum atomic E-state index is -4.50. The first kappa shape index (κ1) is 21.0. The first-order valence-electron chi connectivity index (χ1n) is 8.47. The number of methoxy groups -OCH3 is 1. The van der Waals surface area contributed by atoms with Gasteiger partial charge in [-0.15, -0.1) is 0 Å². The highest BCUT2D eigenvalue weighted by Crippen LogP contribution is 2.43. The van der Waals surface area contributed by atoms with E-state index >= 15 is 0 Å². The van der Waals surface area contributed by atoms with Gasteiger partial charge < -0.3 is 4.74 Å². The Morgan fingerprint density at radius 3 is 2.21 bits per heavy atom. The van der Waals surface area contributed by atoms with Crippen molar-refractivity contribution in [3.05, 3.63) is 59.4 Å². The molecule has 0 spiro atoms. The van der Waals surface area contributed by atoms with E-state index in [0.717, 1.165) is 12.3 Å². The van der Waals surface area contributed by atoms with Gasteiger partial charge in [-0.05, 0) is 53.8 Å². The molecule has 2 N–H and O–H groups in total. The lowest BCUT2D eigenvalue weighted by Gasteiger charge is -2.10. The van der Waals surface area contributed by atoms with E-state index in [0.29, 0.717) is 28.8 Å². The second kappa shape index (κ2) is 7.60. The molecule has 0 saturated heterocycles. The number of hydrogen-bond donors (Lipinski definition) is 1. The number of nitrogens with zero attached hydrogens (tertiary/aromatic N) is 1. The molecular weight excluding hydrogens is 409 g/mol. The van der Waals surface area contributed by atoms with Gasteiger partial charge in [0.25, 0.3) is 0 Å². The summed E-state index contributed by atoms with van der Waals surface area (Å²) >= 11 is 0. The molecule has 29 heavy (non-hydrogen) atoms. The Morgan fingerprint density at radius 2 is 1.72 bits per heavy atom. The molecule has 10 heteroatoms. The number of aromatic nitrogens is 1. The van der Waals surface area contributed by atoms with Gasteiger partial charge in [-0.2, -0.15) is 13.2 Å². The van der Waals surface area contributed by atoms with Gasteiger partial charge in [0.1, 0.15) is 0 Å². The van der Waals surface area contributed by atoms with Crippen LogP contribution < -0.4 is 5.14 Å². The number of rotatable bonds is 4. The zero-order valence-corrected chi connectivity index (χ0v) is 16.0. The minimum Gasteiger partial charge on any atom is -0.469 e. The number of sulfonamides is 1. The van der Waals surface area contributed by atoms with Crippen LogP contribution in [-0.2, 0) is 25.7 Å². The molecule has 1 heterocycles. The number of nitrogens with two attached hydrogens (primary N) is 1. The number of esters is 1. The Morgan fingerprint density at radius 1 is 1.10 bits per heavy atom. The molecule has 1 unspecified atom stereocenters. The average Bonchev–Trinajstić information content (AvgIpc) is 3.11. The predicted molar refractivity (Wildman–Crippen MR) is 98.6 cm³/mol. The first-order valence-corrected chi connectivity index (χ1v) is 10.0. The van der Waals surface area contributed by atoms with Crippen LogP contribution in [0.5, 0.6) is 0 Å². The summed E-state index contributed by atoms with van der Waals surface area (Å²) in [7, 11) is -2.60. The van der Waals surface area contributed by atoms with Crippen LogP contribution in [0.2, 0.25) is 0 Å². The number of hydrogen-bond acceptors (Lipinski definition) is 5. The molecule has 1 aliphatic rings. The summed E-state index contributed by atoms with van der Waals surface area (Å²) in [4.78, 5) is 15.9. The summed E-state index contributed by atoms with van der Waals surface area (Å²) in [5, 5.41) is 5.10. The van der Waals surface area contributed by atoms with Gasteiger partial charge in [0.15, 0.2) is 0 Å². The fraction of sp³-hybridized carbons (Fsp3) is 0.263. The van der Waals surface area contributed by atoms with E-state index in [-0.39, 0.29) is 11.3 Å². The number of primary sulfonamides is 1. The molecule has 0 amide bonds. The number of benzene rings is 1. The van der Waals surface area contributed by atoms with E-state index in [9.17, 15) is 26.4 Å². The Hall–Kier alpha value is -2.72. The Bertz CT molecular complexity index is 1060. The predicted octanol–water partition coefficient (Wildman–Crippen LogP) is 3.24. The zero-order valence-electron chi connectivity index (χ0n) is 15.2. The molecule has 1 atom stereocenters. The molecule has 0 bridgehead atoms. The highest BCUT2D eigenvalue weighted by atomic mass is 32.2. The molecule has 0 fully saturated rings. The van der Waals surface area contributed by atoms with Crippen molar-refractivity contribution < 1.29 is 31.1 Å². The Labute approximate surface area is 165 Å². The van der Waals surface area contributed by atoms with Crippen molar-refractivity contribution in [1.82, 2.24) is 4.98 Å². The molecule has 2 aromatic rings. The van der Waals surface area contributed by atoms with Gasteiger partial charge in [0, 0.05) is 6.20 Å². The molecule has 0 saturated carbocycles. The highest BCUT2D eigenvalue weighted by Gasteiger charge is 2.34. The van der Waals surface area contributed by atoms with E-state index in [1.54, 1.807) is 12.1 Å². The molecule has 1 aliphatic carbocycles. The van der Waals surface area contributed by atoms with Gasteiger partial charge in [0.05, 0.1) is 29.2 Å². The number of allylic oxidation sites excluding steroid dienone is 2. The van der Waals surface area contributed by atoms with Crippen LogP contribution in [0.15, 0.2) is 47.5 Å². The van der Waals surface area contributed by atoms with Crippen LogP contribution in [0.3, 0.4) is 0 Å². The first-order chi connectivity index (χ1) is 13.5. The molecule has 3 rings (SSSR count).